The quantitative estimate of drug-likeness (QED) is 0.396. The van der Waals surface area contributed by atoms with Crippen LogP contribution in [-0.2, 0) is 13.0 Å². The summed E-state index contributed by atoms with van der Waals surface area (Å²) in [5.41, 5.74) is 3.16. The highest BCUT2D eigenvalue weighted by molar-refractivity contribution is 14.0. The minimum atomic E-state index is -0.196. The van der Waals surface area contributed by atoms with Gasteiger partial charge in [0.2, 0.25) is 0 Å². The first-order valence-electron chi connectivity index (χ1n) is 7.95. The van der Waals surface area contributed by atoms with Crippen LogP contribution in [0.2, 0.25) is 0 Å². The lowest BCUT2D eigenvalue weighted by atomic mass is 10.1. The van der Waals surface area contributed by atoms with Gasteiger partial charge in [-0.2, -0.15) is 0 Å². The van der Waals surface area contributed by atoms with E-state index >= 15 is 0 Å². The topological polar surface area (TPSA) is 45.7 Å². The second-order valence-corrected chi connectivity index (χ2v) is 5.49. The number of nitrogens with one attached hydrogen (secondary N) is 2. The van der Waals surface area contributed by atoms with Crippen molar-refractivity contribution in [3.63, 3.8) is 0 Å². The molecule has 136 valence electrons. The Balaban J connectivity index is 0.00000312. The molecule has 0 radical (unpaired) electrons. The van der Waals surface area contributed by atoms with E-state index in [-0.39, 0.29) is 29.8 Å². The van der Waals surface area contributed by atoms with Crippen molar-refractivity contribution in [3.8, 4) is 5.75 Å². The number of benzene rings is 2. The maximum atomic E-state index is 13.1. The molecule has 0 fully saturated rings. The molecular weight excluding hydrogens is 432 g/mol. The number of guanidine groups is 1. The highest BCUT2D eigenvalue weighted by Crippen LogP contribution is 2.16. The zero-order valence-electron chi connectivity index (χ0n) is 14.8. The van der Waals surface area contributed by atoms with Crippen LogP contribution >= 0.6 is 24.0 Å². The van der Waals surface area contributed by atoms with Gasteiger partial charge >= 0.3 is 0 Å². The van der Waals surface area contributed by atoms with Gasteiger partial charge in [-0.3, -0.25) is 4.99 Å². The summed E-state index contributed by atoms with van der Waals surface area (Å²) < 4.78 is 18.5. The minimum absolute atomic E-state index is 0. The highest BCUT2D eigenvalue weighted by Gasteiger charge is 2.04. The first-order valence-corrected chi connectivity index (χ1v) is 7.95. The number of para-hydroxylation sites is 1. The molecule has 0 spiro atoms. The summed E-state index contributed by atoms with van der Waals surface area (Å²) in [6.07, 6.45) is 0.807. The molecule has 0 saturated heterocycles. The molecule has 4 nitrogen and oxygen atoms in total. The first-order chi connectivity index (χ1) is 11.6. The van der Waals surface area contributed by atoms with Gasteiger partial charge in [0, 0.05) is 25.7 Å². The zero-order valence-corrected chi connectivity index (χ0v) is 17.1. The molecule has 0 bridgehead atoms. The predicted octanol–water partition coefficient (Wildman–Crippen LogP) is 3.67. The Labute approximate surface area is 165 Å². The van der Waals surface area contributed by atoms with E-state index < -0.39 is 0 Å². The Morgan fingerprint density at radius 1 is 1.12 bits per heavy atom. The molecule has 0 amide bonds. The molecule has 2 N–H and O–H groups in total. The van der Waals surface area contributed by atoms with E-state index in [0.29, 0.717) is 6.54 Å². The maximum Gasteiger partial charge on any atom is 0.191 e. The third kappa shape index (κ3) is 6.53. The number of halogens is 2. The lowest BCUT2D eigenvalue weighted by molar-refractivity contribution is 0.409. The van der Waals surface area contributed by atoms with Crippen LogP contribution in [0.5, 0.6) is 5.75 Å². The number of methoxy groups -OCH3 is 1. The molecule has 2 aromatic rings. The van der Waals surface area contributed by atoms with Gasteiger partial charge < -0.3 is 15.4 Å². The largest absolute Gasteiger partial charge is 0.496 e. The van der Waals surface area contributed by atoms with Crippen molar-refractivity contribution < 1.29 is 9.13 Å². The molecule has 0 aliphatic heterocycles. The van der Waals surface area contributed by atoms with E-state index in [9.17, 15) is 4.39 Å². The van der Waals surface area contributed by atoms with Gasteiger partial charge in [-0.15, -0.1) is 24.0 Å². The summed E-state index contributed by atoms with van der Waals surface area (Å²) in [6, 6.07) is 12.8. The van der Waals surface area contributed by atoms with Gasteiger partial charge in [-0.05, 0) is 42.7 Å². The summed E-state index contributed by atoms with van der Waals surface area (Å²) in [5, 5.41) is 6.54. The molecule has 0 unspecified atom stereocenters. The standard InChI is InChI=1S/C19H24FN3O.HI/c1-14-12-17(20)9-8-15(14)10-11-22-19(21-2)23-13-16-6-4-5-7-18(16)24-3;/h4-9,12H,10-11,13H2,1-3H3,(H2,21,22,23);1H. The summed E-state index contributed by atoms with van der Waals surface area (Å²) in [4.78, 5) is 4.22. The van der Waals surface area contributed by atoms with Crippen molar-refractivity contribution in [3.05, 3.63) is 65.0 Å². The number of hydrogen-bond acceptors (Lipinski definition) is 2. The zero-order chi connectivity index (χ0) is 17.4. The first kappa shape index (κ1) is 21.2. The molecule has 6 heteroatoms. The molecule has 0 heterocycles. The van der Waals surface area contributed by atoms with Crippen LogP contribution in [0.15, 0.2) is 47.5 Å². The van der Waals surface area contributed by atoms with Crippen LogP contribution in [0.1, 0.15) is 16.7 Å². The second kappa shape index (κ2) is 10.9. The van der Waals surface area contributed by atoms with Gasteiger partial charge in [0.1, 0.15) is 11.6 Å². The van der Waals surface area contributed by atoms with E-state index in [1.807, 2.05) is 37.3 Å². The number of aryl methyl sites for hydroxylation is 1. The van der Waals surface area contributed by atoms with Crippen LogP contribution < -0.4 is 15.4 Å². The third-order valence-electron chi connectivity index (χ3n) is 3.85. The fourth-order valence-electron chi connectivity index (χ4n) is 2.50. The fourth-order valence-corrected chi connectivity index (χ4v) is 2.50. The van der Waals surface area contributed by atoms with Crippen molar-refractivity contribution in [2.24, 2.45) is 4.99 Å². The van der Waals surface area contributed by atoms with Crippen molar-refractivity contribution in [1.29, 1.82) is 0 Å². The second-order valence-electron chi connectivity index (χ2n) is 5.49. The Morgan fingerprint density at radius 2 is 1.88 bits per heavy atom. The van der Waals surface area contributed by atoms with Gasteiger partial charge in [-0.25, -0.2) is 4.39 Å². The molecule has 0 aromatic heterocycles. The SMILES string of the molecule is CN=C(NCCc1ccc(F)cc1C)NCc1ccccc1OC.I. The Kier molecular flexibility index (Phi) is 9.26. The Bertz CT molecular complexity index is 707. The van der Waals surface area contributed by atoms with Crippen molar-refractivity contribution in [1.82, 2.24) is 10.6 Å². The van der Waals surface area contributed by atoms with Gasteiger partial charge in [0.25, 0.3) is 0 Å². The van der Waals surface area contributed by atoms with Crippen LogP contribution in [0.25, 0.3) is 0 Å². The van der Waals surface area contributed by atoms with Gasteiger partial charge in [0.15, 0.2) is 5.96 Å². The number of aliphatic imine (C=N–C) groups is 1. The molecule has 0 atom stereocenters. The number of ether oxygens (including phenoxy) is 1. The summed E-state index contributed by atoms with van der Waals surface area (Å²) >= 11 is 0. The van der Waals surface area contributed by atoms with Gasteiger partial charge in [-0.1, -0.05) is 24.3 Å². The van der Waals surface area contributed by atoms with Crippen molar-refractivity contribution in [2.45, 2.75) is 19.9 Å². The highest BCUT2D eigenvalue weighted by atomic mass is 127. The maximum absolute atomic E-state index is 13.1. The van der Waals surface area contributed by atoms with Crippen LogP contribution in [0, 0.1) is 12.7 Å². The average Bonchev–Trinajstić information content (AvgIpc) is 2.59. The van der Waals surface area contributed by atoms with Crippen LogP contribution in [0.4, 0.5) is 4.39 Å². The predicted molar refractivity (Wildman–Crippen MR) is 111 cm³/mol. The number of rotatable bonds is 6. The molecule has 25 heavy (non-hydrogen) atoms. The Morgan fingerprint density at radius 3 is 2.56 bits per heavy atom. The van der Waals surface area contributed by atoms with E-state index in [1.165, 1.54) is 6.07 Å². The molecular formula is C19H25FIN3O. The van der Waals surface area contributed by atoms with E-state index in [4.69, 9.17) is 4.74 Å². The van der Waals surface area contributed by atoms with Crippen molar-refractivity contribution in [2.75, 3.05) is 20.7 Å². The summed E-state index contributed by atoms with van der Waals surface area (Å²) in [6.45, 7) is 3.27. The lowest BCUT2D eigenvalue weighted by Crippen LogP contribution is -2.38. The van der Waals surface area contributed by atoms with Gasteiger partial charge in [0.05, 0.1) is 7.11 Å². The molecule has 0 aliphatic carbocycles. The minimum Gasteiger partial charge on any atom is -0.496 e. The Hall–Kier alpha value is -1.83. The molecule has 2 aromatic carbocycles. The lowest BCUT2D eigenvalue weighted by Gasteiger charge is -2.14. The molecule has 0 saturated carbocycles. The van der Waals surface area contributed by atoms with Crippen LogP contribution in [-0.4, -0.2) is 26.7 Å². The number of hydrogen-bond donors (Lipinski definition) is 2. The monoisotopic (exact) mass is 457 g/mol. The van der Waals surface area contributed by atoms with Crippen molar-refractivity contribution >= 4 is 29.9 Å². The fraction of sp³-hybridized carbons (Fsp3) is 0.316. The van der Waals surface area contributed by atoms with E-state index in [2.05, 4.69) is 15.6 Å². The average molecular weight is 457 g/mol. The van der Waals surface area contributed by atoms with E-state index in [0.717, 1.165) is 41.4 Å². The molecule has 2 rings (SSSR count). The smallest absolute Gasteiger partial charge is 0.191 e. The van der Waals surface area contributed by atoms with E-state index in [1.54, 1.807) is 20.2 Å². The normalized spacial score (nSPS) is 10.8. The van der Waals surface area contributed by atoms with Crippen LogP contribution in [0.3, 0.4) is 0 Å². The third-order valence-corrected chi connectivity index (χ3v) is 3.85. The number of nitrogens with zero attached hydrogens (tertiary/aromatic N) is 1. The molecule has 0 aliphatic rings. The summed E-state index contributed by atoms with van der Waals surface area (Å²) in [7, 11) is 3.40. The summed E-state index contributed by atoms with van der Waals surface area (Å²) in [5.74, 6) is 1.38.